The number of hydrogen-bond acceptors (Lipinski definition) is 4. The molecule has 0 saturated carbocycles. The monoisotopic (exact) mass is 465 g/mol. The van der Waals surface area contributed by atoms with Crippen LogP contribution in [0.3, 0.4) is 0 Å². The highest BCUT2D eigenvalue weighted by Crippen LogP contribution is 2.31. The van der Waals surface area contributed by atoms with Crippen LogP contribution in [0.4, 0.5) is 5.69 Å². The van der Waals surface area contributed by atoms with Gasteiger partial charge in [-0.15, -0.1) is 0 Å². The van der Waals surface area contributed by atoms with Crippen LogP contribution in [-0.4, -0.2) is 17.5 Å². The molecule has 2 amide bonds. The number of amides is 2. The fraction of sp³-hybridized carbons (Fsp3) is 0.174. The zero-order valence-corrected chi connectivity index (χ0v) is 18.0. The number of benzene rings is 2. The molecule has 6 nitrogen and oxygen atoms in total. The van der Waals surface area contributed by atoms with Gasteiger partial charge in [-0.3, -0.25) is 9.59 Å². The minimum absolute atomic E-state index is 0.264. The van der Waals surface area contributed by atoms with Gasteiger partial charge in [0.25, 0.3) is 11.8 Å². The van der Waals surface area contributed by atoms with E-state index in [1.165, 1.54) is 0 Å². The Kier molecular flexibility index (Phi) is 5.81. The standard InChI is InChI=1S/C23H20BrN3O3/c1-14-20-18(26-27-22(28)15-8-3-2-4-9-15)12-7-13-19(20)30-21(14)23(29)25-17-11-6-5-10-16(17)24/h2-6,8-11H,7,12-13H2,1H3,(H,25,29)(H,27,28)/b26-18+. The van der Waals surface area contributed by atoms with Gasteiger partial charge in [-0.1, -0.05) is 30.3 Å². The summed E-state index contributed by atoms with van der Waals surface area (Å²) in [5, 5.41) is 7.22. The van der Waals surface area contributed by atoms with Crippen molar-refractivity contribution in [1.82, 2.24) is 5.43 Å². The number of halogens is 1. The predicted octanol–water partition coefficient (Wildman–Crippen LogP) is 5.07. The van der Waals surface area contributed by atoms with Crippen molar-refractivity contribution in [3.63, 3.8) is 0 Å². The molecular weight excluding hydrogens is 446 g/mol. The zero-order valence-electron chi connectivity index (χ0n) is 16.4. The second-order valence-corrected chi connectivity index (χ2v) is 7.86. The predicted molar refractivity (Wildman–Crippen MR) is 119 cm³/mol. The molecular formula is C23H20BrN3O3. The third-order valence-corrected chi connectivity index (χ3v) is 5.67. The number of carbonyl (C=O) groups is 2. The van der Waals surface area contributed by atoms with E-state index in [9.17, 15) is 9.59 Å². The van der Waals surface area contributed by atoms with E-state index in [0.717, 1.165) is 39.9 Å². The highest BCUT2D eigenvalue weighted by molar-refractivity contribution is 9.10. The van der Waals surface area contributed by atoms with Gasteiger partial charge in [0.2, 0.25) is 0 Å². The number of furan rings is 1. The number of hydrazone groups is 1. The fourth-order valence-corrected chi connectivity index (χ4v) is 3.89. The Morgan fingerprint density at radius 1 is 1.00 bits per heavy atom. The first-order valence-corrected chi connectivity index (χ1v) is 10.4. The molecule has 0 spiro atoms. The lowest BCUT2D eigenvalue weighted by Crippen LogP contribution is -2.22. The first-order chi connectivity index (χ1) is 14.5. The maximum absolute atomic E-state index is 12.8. The molecule has 4 rings (SSSR count). The lowest BCUT2D eigenvalue weighted by molar-refractivity contribution is 0.0953. The second kappa shape index (κ2) is 8.67. The van der Waals surface area contributed by atoms with Crippen molar-refractivity contribution in [2.75, 3.05) is 5.32 Å². The summed E-state index contributed by atoms with van der Waals surface area (Å²) < 4.78 is 6.70. The lowest BCUT2D eigenvalue weighted by atomic mass is 9.93. The minimum Gasteiger partial charge on any atom is -0.455 e. The van der Waals surface area contributed by atoms with E-state index in [4.69, 9.17) is 4.42 Å². The van der Waals surface area contributed by atoms with E-state index in [0.29, 0.717) is 17.7 Å². The van der Waals surface area contributed by atoms with E-state index in [-0.39, 0.29) is 17.6 Å². The van der Waals surface area contributed by atoms with Crippen LogP contribution in [0.5, 0.6) is 0 Å². The Morgan fingerprint density at radius 3 is 2.50 bits per heavy atom. The molecule has 1 heterocycles. The van der Waals surface area contributed by atoms with Gasteiger partial charge in [-0.05, 0) is 60.0 Å². The molecule has 0 atom stereocenters. The number of aryl methyl sites for hydroxylation is 1. The normalized spacial score (nSPS) is 14.3. The first-order valence-electron chi connectivity index (χ1n) is 9.65. The van der Waals surface area contributed by atoms with Crippen LogP contribution in [0.15, 0.2) is 68.6 Å². The molecule has 152 valence electrons. The number of nitrogens with one attached hydrogen (secondary N) is 2. The summed E-state index contributed by atoms with van der Waals surface area (Å²) in [4.78, 5) is 25.2. The number of nitrogens with zero attached hydrogens (tertiary/aromatic N) is 1. The molecule has 0 aliphatic heterocycles. The number of carbonyl (C=O) groups excluding carboxylic acids is 2. The molecule has 0 saturated heterocycles. The largest absolute Gasteiger partial charge is 0.455 e. The van der Waals surface area contributed by atoms with Crippen molar-refractivity contribution in [3.05, 3.63) is 87.3 Å². The van der Waals surface area contributed by atoms with E-state index >= 15 is 0 Å². The molecule has 0 fully saturated rings. The van der Waals surface area contributed by atoms with Gasteiger partial charge >= 0.3 is 0 Å². The number of hydrogen-bond donors (Lipinski definition) is 2. The zero-order chi connectivity index (χ0) is 21.1. The van der Waals surface area contributed by atoms with E-state index < -0.39 is 0 Å². The summed E-state index contributed by atoms with van der Waals surface area (Å²) in [6.45, 7) is 1.84. The maximum Gasteiger partial charge on any atom is 0.291 e. The van der Waals surface area contributed by atoms with Gasteiger partial charge in [0.1, 0.15) is 5.76 Å². The summed E-state index contributed by atoms with van der Waals surface area (Å²) in [6.07, 6.45) is 2.27. The third kappa shape index (κ3) is 4.07. The number of anilines is 1. The Hall–Kier alpha value is -3.19. The Morgan fingerprint density at radius 2 is 1.73 bits per heavy atom. The highest BCUT2D eigenvalue weighted by atomic mass is 79.9. The Balaban J connectivity index is 1.58. The van der Waals surface area contributed by atoms with Crippen LogP contribution in [0.25, 0.3) is 0 Å². The van der Waals surface area contributed by atoms with Gasteiger partial charge in [0.05, 0.1) is 11.4 Å². The summed E-state index contributed by atoms with van der Waals surface area (Å²) >= 11 is 3.43. The molecule has 1 aliphatic carbocycles. The number of rotatable bonds is 4. The first kappa shape index (κ1) is 20.1. The molecule has 1 aromatic heterocycles. The summed E-state index contributed by atoms with van der Waals surface area (Å²) in [5.74, 6) is 0.396. The Bertz CT molecular complexity index is 1140. The summed E-state index contributed by atoms with van der Waals surface area (Å²) in [7, 11) is 0. The summed E-state index contributed by atoms with van der Waals surface area (Å²) in [5.41, 5.74) is 6.09. The van der Waals surface area contributed by atoms with Crippen LogP contribution in [0.2, 0.25) is 0 Å². The van der Waals surface area contributed by atoms with Crippen LogP contribution in [0, 0.1) is 6.92 Å². The Labute approximate surface area is 182 Å². The molecule has 0 bridgehead atoms. The van der Waals surface area contributed by atoms with Crippen molar-refractivity contribution in [2.45, 2.75) is 26.2 Å². The van der Waals surface area contributed by atoms with Gasteiger partial charge in [0, 0.05) is 27.6 Å². The average Bonchev–Trinajstić information content (AvgIpc) is 3.11. The average molecular weight is 466 g/mol. The quantitative estimate of drug-likeness (QED) is 0.527. The van der Waals surface area contributed by atoms with Crippen LogP contribution >= 0.6 is 15.9 Å². The molecule has 3 aromatic rings. The van der Waals surface area contributed by atoms with Gasteiger partial charge in [-0.25, -0.2) is 5.43 Å². The van der Waals surface area contributed by atoms with Gasteiger partial charge in [0.15, 0.2) is 5.76 Å². The topological polar surface area (TPSA) is 83.7 Å². The third-order valence-electron chi connectivity index (χ3n) is 4.98. The van der Waals surface area contributed by atoms with Crippen molar-refractivity contribution >= 4 is 39.1 Å². The fourth-order valence-electron chi connectivity index (χ4n) is 3.51. The number of para-hydroxylation sites is 1. The second-order valence-electron chi connectivity index (χ2n) is 7.01. The van der Waals surface area contributed by atoms with Crippen molar-refractivity contribution < 1.29 is 14.0 Å². The maximum atomic E-state index is 12.8. The minimum atomic E-state index is -0.318. The van der Waals surface area contributed by atoms with E-state index in [1.54, 1.807) is 24.3 Å². The molecule has 2 N–H and O–H groups in total. The van der Waals surface area contributed by atoms with Crippen LogP contribution in [-0.2, 0) is 6.42 Å². The van der Waals surface area contributed by atoms with Crippen LogP contribution < -0.4 is 10.7 Å². The highest BCUT2D eigenvalue weighted by Gasteiger charge is 2.28. The molecule has 7 heteroatoms. The van der Waals surface area contributed by atoms with Crippen molar-refractivity contribution in [3.8, 4) is 0 Å². The molecule has 0 radical (unpaired) electrons. The lowest BCUT2D eigenvalue weighted by Gasteiger charge is -2.13. The molecule has 0 unspecified atom stereocenters. The van der Waals surface area contributed by atoms with E-state index in [1.807, 2.05) is 37.3 Å². The van der Waals surface area contributed by atoms with Crippen molar-refractivity contribution in [2.24, 2.45) is 5.10 Å². The smallest absolute Gasteiger partial charge is 0.291 e. The molecule has 2 aromatic carbocycles. The van der Waals surface area contributed by atoms with Gasteiger partial charge < -0.3 is 9.73 Å². The van der Waals surface area contributed by atoms with Crippen LogP contribution in [0.1, 0.15) is 50.6 Å². The van der Waals surface area contributed by atoms with Gasteiger partial charge in [-0.2, -0.15) is 5.10 Å². The summed E-state index contributed by atoms with van der Waals surface area (Å²) in [6, 6.07) is 16.3. The molecule has 30 heavy (non-hydrogen) atoms. The van der Waals surface area contributed by atoms with E-state index in [2.05, 4.69) is 31.8 Å². The van der Waals surface area contributed by atoms with Crippen molar-refractivity contribution in [1.29, 1.82) is 0 Å². The molecule has 1 aliphatic rings. The SMILES string of the molecule is Cc1c(C(=O)Nc2ccccc2Br)oc2c1/C(=N/NC(=O)c1ccccc1)CCC2. The number of fused-ring (bicyclic) bond motifs is 1.